The SMILES string of the molecule is C=C(CCC(=O)NCC(CNC(=O)CC[C@H](N)C(=O)O)N(C)C(=O)C(C)C)C(C)C. The summed E-state index contributed by atoms with van der Waals surface area (Å²) in [5.41, 5.74) is 6.41. The molecule has 1 unspecified atom stereocenters. The molecule has 0 saturated carbocycles. The highest BCUT2D eigenvalue weighted by molar-refractivity contribution is 5.80. The fourth-order valence-electron chi connectivity index (χ4n) is 2.55. The van der Waals surface area contributed by atoms with Crippen LogP contribution in [0.5, 0.6) is 0 Å². The van der Waals surface area contributed by atoms with Crippen LogP contribution in [0.4, 0.5) is 0 Å². The number of hydrogen-bond donors (Lipinski definition) is 4. The van der Waals surface area contributed by atoms with E-state index in [1.165, 1.54) is 4.90 Å². The van der Waals surface area contributed by atoms with Crippen molar-refractivity contribution in [2.45, 2.75) is 65.5 Å². The molecular formula is C21H38N4O5. The van der Waals surface area contributed by atoms with Gasteiger partial charge < -0.3 is 26.4 Å². The number of allylic oxidation sites excluding steroid dienone is 1. The average Bonchev–Trinajstić information content (AvgIpc) is 2.68. The number of carbonyl (C=O) groups is 4. The van der Waals surface area contributed by atoms with Gasteiger partial charge in [-0.05, 0) is 18.8 Å². The van der Waals surface area contributed by atoms with Gasteiger partial charge in [-0.1, -0.05) is 39.8 Å². The second kappa shape index (κ2) is 13.7. The van der Waals surface area contributed by atoms with E-state index in [4.69, 9.17) is 10.8 Å². The zero-order valence-corrected chi connectivity index (χ0v) is 18.9. The van der Waals surface area contributed by atoms with Gasteiger partial charge in [-0.3, -0.25) is 19.2 Å². The first-order valence-corrected chi connectivity index (χ1v) is 10.3. The Balaban J connectivity index is 4.78. The molecule has 0 aliphatic heterocycles. The number of aliphatic carboxylic acids is 1. The number of carbonyl (C=O) groups excluding carboxylic acids is 3. The molecule has 0 bridgehead atoms. The first-order chi connectivity index (χ1) is 13.9. The van der Waals surface area contributed by atoms with Crippen molar-refractivity contribution >= 4 is 23.7 Å². The van der Waals surface area contributed by atoms with Crippen molar-refractivity contribution in [1.82, 2.24) is 15.5 Å². The van der Waals surface area contributed by atoms with Gasteiger partial charge in [0.05, 0.1) is 6.04 Å². The Morgan fingerprint density at radius 2 is 1.43 bits per heavy atom. The summed E-state index contributed by atoms with van der Waals surface area (Å²) >= 11 is 0. The summed E-state index contributed by atoms with van der Waals surface area (Å²) in [4.78, 5) is 48.8. The molecule has 5 N–H and O–H groups in total. The van der Waals surface area contributed by atoms with Crippen molar-refractivity contribution in [3.05, 3.63) is 12.2 Å². The van der Waals surface area contributed by atoms with E-state index >= 15 is 0 Å². The molecule has 0 fully saturated rings. The lowest BCUT2D eigenvalue weighted by atomic mass is 10.0. The van der Waals surface area contributed by atoms with E-state index in [1.54, 1.807) is 20.9 Å². The predicted molar refractivity (Wildman–Crippen MR) is 115 cm³/mol. The first-order valence-electron chi connectivity index (χ1n) is 10.3. The van der Waals surface area contributed by atoms with Crippen molar-refractivity contribution in [1.29, 1.82) is 0 Å². The van der Waals surface area contributed by atoms with Gasteiger partial charge in [0.15, 0.2) is 0 Å². The predicted octanol–water partition coefficient (Wildman–Crippen LogP) is 0.886. The van der Waals surface area contributed by atoms with Gasteiger partial charge in [-0.15, -0.1) is 0 Å². The lowest BCUT2D eigenvalue weighted by molar-refractivity contribution is -0.139. The van der Waals surface area contributed by atoms with E-state index < -0.39 is 18.1 Å². The summed E-state index contributed by atoms with van der Waals surface area (Å²) in [5, 5.41) is 14.3. The Morgan fingerprint density at radius 1 is 0.933 bits per heavy atom. The summed E-state index contributed by atoms with van der Waals surface area (Å²) in [5.74, 6) is -1.69. The molecular weight excluding hydrogens is 388 g/mol. The monoisotopic (exact) mass is 426 g/mol. The maximum Gasteiger partial charge on any atom is 0.320 e. The molecule has 30 heavy (non-hydrogen) atoms. The zero-order chi connectivity index (χ0) is 23.4. The third-order valence-electron chi connectivity index (χ3n) is 4.95. The third kappa shape index (κ3) is 10.9. The number of nitrogens with zero attached hydrogens (tertiary/aromatic N) is 1. The molecule has 0 heterocycles. The quantitative estimate of drug-likeness (QED) is 0.304. The Kier molecular flexibility index (Phi) is 12.6. The number of likely N-dealkylation sites (N-methyl/N-ethyl adjacent to an activating group) is 1. The van der Waals surface area contributed by atoms with Gasteiger partial charge in [0.1, 0.15) is 6.04 Å². The van der Waals surface area contributed by atoms with Crippen molar-refractivity contribution in [2.75, 3.05) is 20.1 Å². The van der Waals surface area contributed by atoms with Gasteiger partial charge in [0, 0.05) is 38.9 Å². The maximum absolute atomic E-state index is 12.4. The van der Waals surface area contributed by atoms with Crippen molar-refractivity contribution in [3.63, 3.8) is 0 Å². The van der Waals surface area contributed by atoms with Gasteiger partial charge in [-0.2, -0.15) is 0 Å². The minimum Gasteiger partial charge on any atom is -0.480 e. The molecule has 0 radical (unpaired) electrons. The summed E-state index contributed by atoms with van der Waals surface area (Å²) in [6.07, 6.45) is 0.884. The van der Waals surface area contributed by atoms with Crippen LogP contribution in [-0.2, 0) is 19.2 Å². The highest BCUT2D eigenvalue weighted by Gasteiger charge is 2.23. The van der Waals surface area contributed by atoms with Crippen LogP contribution >= 0.6 is 0 Å². The van der Waals surface area contributed by atoms with Crippen molar-refractivity contribution < 1.29 is 24.3 Å². The van der Waals surface area contributed by atoms with E-state index in [0.717, 1.165) is 5.57 Å². The Morgan fingerprint density at radius 3 is 1.87 bits per heavy atom. The molecule has 0 aromatic carbocycles. The molecule has 0 aliphatic rings. The van der Waals surface area contributed by atoms with E-state index in [1.807, 2.05) is 13.8 Å². The standard InChI is InChI=1S/C21H38N4O5/c1-13(2)15(5)7-9-18(26)23-11-16(25(6)20(28)14(3)4)12-24-19(27)10-8-17(22)21(29)30/h13-14,16-17H,5,7-12,22H2,1-4,6H3,(H,23,26)(H,24,27)(H,29,30)/t16?,17-/m0/s1. The second-order valence-corrected chi connectivity index (χ2v) is 8.16. The minimum absolute atomic E-state index is 0.0169. The van der Waals surface area contributed by atoms with E-state index in [9.17, 15) is 19.2 Å². The molecule has 3 amide bonds. The molecule has 0 aromatic heterocycles. The largest absolute Gasteiger partial charge is 0.480 e. The minimum atomic E-state index is -1.16. The number of rotatable bonds is 14. The normalized spacial score (nSPS) is 12.9. The topological polar surface area (TPSA) is 142 Å². The fourth-order valence-corrected chi connectivity index (χ4v) is 2.55. The number of carboxylic acid groups (broad SMARTS) is 1. The summed E-state index contributed by atoms with van der Waals surface area (Å²) in [6.45, 7) is 11.9. The van der Waals surface area contributed by atoms with Crippen molar-refractivity contribution in [2.24, 2.45) is 17.6 Å². The van der Waals surface area contributed by atoms with Crippen LogP contribution in [0.15, 0.2) is 12.2 Å². The Labute approximate surface area is 179 Å². The number of amides is 3. The van der Waals surface area contributed by atoms with Crippen LogP contribution in [0.25, 0.3) is 0 Å². The molecule has 0 aliphatic carbocycles. The molecule has 0 rings (SSSR count). The molecule has 0 spiro atoms. The maximum atomic E-state index is 12.4. The molecule has 9 nitrogen and oxygen atoms in total. The van der Waals surface area contributed by atoms with Gasteiger partial charge in [0.2, 0.25) is 17.7 Å². The van der Waals surface area contributed by atoms with Crippen LogP contribution < -0.4 is 16.4 Å². The second-order valence-electron chi connectivity index (χ2n) is 8.16. The van der Waals surface area contributed by atoms with Crippen LogP contribution in [0.2, 0.25) is 0 Å². The highest BCUT2D eigenvalue weighted by Crippen LogP contribution is 2.13. The van der Waals surface area contributed by atoms with Crippen LogP contribution in [-0.4, -0.2) is 65.9 Å². The molecule has 2 atom stereocenters. The Bertz CT molecular complexity index is 619. The van der Waals surface area contributed by atoms with Gasteiger partial charge in [0.25, 0.3) is 0 Å². The van der Waals surface area contributed by atoms with Gasteiger partial charge in [-0.25, -0.2) is 0 Å². The fraction of sp³-hybridized carbons (Fsp3) is 0.714. The number of hydrogen-bond acceptors (Lipinski definition) is 5. The summed E-state index contributed by atoms with van der Waals surface area (Å²) < 4.78 is 0. The number of nitrogens with two attached hydrogens (primary N) is 1. The molecule has 0 aromatic rings. The van der Waals surface area contributed by atoms with E-state index in [0.29, 0.717) is 18.8 Å². The first kappa shape index (κ1) is 27.6. The number of carboxylic acids is 1. The lowest BCUT2D eigenvalue weighted by Gasteiger charge is -2.30. The average molecular weight is 427 g/mol. The van der Waals surface area contributed by atoms with Crippen LogP contribution in [0, 0.1) is 11.8 Å². The smallest absolute Gasteiger partial charge is 0.320 e. The zero-order valence-electron chi connectivity index (χ0n) is 18.9. The highest BCUT2D eigenvalue weighted by atomic mass is 16.4. The molecule has 9 heteroatoms. The third-order valence-corrected chi connectivity index (χ3v) is 4.95. The summed E-state index contributed by atoms with van der Waals surface area (Å²) in [7, 11) is 1.63. The van der Waals surface area contributed by atoms with Crippen molar-refractivity contribution in [3.8, 4) is 0 Å². The van der Waals surface area contributed by atoms with E-state index in [-0.39, 0.29) is 49.6 Å². The molecule has 172 valence electrons. The van der Waals surface area contributed by atoms with Crippen LogP contribution in [0.3, 0.4) is 0 Å². The Hall–Kier alpha value is -2.42. The number of nitrogens with one attached hydrogen (secondary N) is 2. The summed E-state index contributed by atoms with van der Waals surface area (Å²) in [6, 6.07) is -1.54. The van der Waals surface area contributed by atoms with Crippen LogP contribution in [0.1, 0.15) is 53.4 Å². The molecule has 0 saturated heterocycles. The lowest BCUT2D eigenvalue weighted by Crippen LogP contribution is -2.51. The van der Waals surface area contributed by atoms with Gasteiger partial charge >= 0.3 is 5.97 Å². The van der Waals surface area contributed by atoms with E-state index in [2.05, 4.69) is 17.2 Å².